The van der Waals surface area contributed by atoms with Gasteiger partial charge in [0.2, 0.25) is 17.7 Å². The number of methoxy groups -OCH3 is 1. The predicted molar refractivity (Wildman–Crippen MR) is 236 cm³/mol. The molecule has 2 aromatic carbocycles. The van der Waals surface area contributed by atoms with Gasteiger partial charge < -0.3 is 39.2 Å². The second-order valence-corrected chi connectivity index (χ2v) is 18.9. The molecule has 2 fully saturated rings. The standard InChI is InChI=1S/C48H64N6O8/c1-9-53-40-13-12-31-21-36(40)37(42(53)38-24-49-15-14-32(38)25-60-8)22-47(4,5)26-62-45(58)39-11-10-16-54(51-39)44(57)34(18-30-17-33(31)20-35(55)19-30)23-50-43(56)41(29(2)3)52(7)46(59)48(6)27-61-28-48/h12-15,17,19-21,24,29,34,39,41,45,51,55,58H,9-11,16,18,22-23,25-28H2,1-8H3,(H,50,56)/t34-,39+,41+,45?/m1/s1. The average Bonchev–Trinajstić information content (AvgIpc) is 3.53. The first kappa shape index (κ1) is 45.2. The van der Waals surface area contributed by atoms with Crippen LogP contribution in [0.4, 0.5) is 0 Å². The Bertz CT molecular complexity index is 2280. The number of nitrogens with one attached hydrogen (secondary N) is 2. The zero-order valence-corrected chi connectivity index (χ0v) is 37.5. The molecule has 3 amide bonds. The number of carbonyl (C=O) groups is 3. The molecule has 2 saturated heterocycles. The van der Waals surface area contributed by atoms with Gasteiger partial charge in [-0.3, -0.25) is 24.4 Å². The number of phenols is 1. The van der Waals surface area contributed by atoms with Crippen LogP contribution in [0.2, 0.25) is 0 Å². The smallest absolute Gasteiger partial charge is 0.243 e. The van der Waals surface area contributed by atoms with E-state index in [-0.39, 0.29) is 49.0 Å². The summed E-state index contributed by atoms with van der Waals surface area (Å²) in [6.45, 7) is 14.4. The summed E-state index contributed by atoms with van der Waals surface area (Å²) in [6.07, 6.45) is 4.50. The number of aliphatic hydroxyl groups is 1. The summed E-state index contributed by atoms with van der Waals surface area (Å²) in [5, 5.41) is 28.4. The van der Waals surface area contributed by atoms with Crippen molar-refractivity contribution in [2.24, 2.45) is 22.7 Å². The molecule has 7 rings (SSSR count). The number of likely N-dealkylation sites (N-methyl/N-ethyl adjacent to an activating group) is 1. The highest BCUT2D eigenvalue weighted by Gasteiger charge is 2.46. The van der Waals surface area contributed by atoms with Crippen molar-refractivity contribution >= 4 is 28.6 Å². The minimum atomic E-state index is -1.20. The molecule has 14 heteroatoms. The predicted octanol–water partition coefficient (Wildman–Crippen LogP) is 5.45. The molecule has 0 spiro atoms. The lowest BCUT2D eigenvalue weighted by Gasteiger charge is -2.42. The summed E-state index contributed by atoms with van der Waals surface area (Å²) in [5.41, 5.74) is 9.73. The van der Waals surface area contributed by atoms with Gasteiger partial charge in [-0.2, -0.15) is 0 Å². The van der Waals surface area contributed by atoms with Crippen molar-refractivity contribution in [2.45, 2.75) is 98.8 Å². The first-order chi connectivity index (χ1) is 29.5. The molecule has 5 heterocycles. The summed E-state index contributed by atoms with van der Waals surface area (Å²) < 4.78 is 19.6. The van der Waals surface area contributed by atoms with E-state index in [2.05, 4.69) is 59.3 Å². The molecule has 4 atom stereocenters. The number of amides is 3. The molecule has 3 aliphatic heterocycles. The van der Waals surface area contributed by atoms with E-state index in [0.717, 1.165) is 44.4 Å². The molecule has 0 saturated carbocycles. The van der Waals surface area contributed by atoms with Crippen molar-refractivity contribution in [3.63, 3.8) is 0 Å². The number of ether oxygens (including phenoxy) is 3. The lowest BCUT2D eigenvalue weighted by Crippen LogP contribution is -2.60. The number of aromatic nitrogens is 2. The Morgan fingerprint density at radius 3 is 2.56 bits per heavy atom. The normalized spacial score (nSPS) is 21.9. The quantitative estimate of drug-likeness (QED) is 0.161. The number of fused-ring (bicyclic) bond motifs is 6. The van der Waals surface area contributed by atoms with Gasteiger partial charge in [-0.15, -0.1) is 0 Å². The number of hydrogen-bond acceptors (Lipinski definition) is 10. The van der Waals surface area contributed by atoms with Crippen LogP contribution in [-0.4, -0.2) is 113 Å². The Morgan fingerprint density at radius 1 is 1.10 bits per heavy atom. The number of carbonyl (C=O) groups excluding carboxylic acids is 3. The topological polar surface area (TPSA) is 168 Å². The van der Waals surface area contributed by atoms with Crippen LogP contribution in [-0.2, 0) is 54.6 Å². The monoisotopic (exact) mass is 852 g/mol. The van der Waals surface area contributed by atoms with Gasteiger partial charge in [-0.05, 0) is 109 Å². The number of rotatable bonds is 10. The van der Waals surface area contributed by atoms with Crippen molar-refractivity contribution in [3.05, 3.63) is 71.5 Å². The van der Waals surface area contributed by atoms with Crippen LogP contribution in [0.25, 0.3) is 33.3 Å². The highest BCUT2D eigenvalue weighted by Crippen LogP contribution is 2.41. The number of nitrogens with zero attached hydrogens (tertiary/aromatic N) is 4. The summed E-state index contributed by atoms with van der Waals surface area (Å²) >= 11 is 0. The van der Waals surface area contributed by atoms with Gasteiger partial charge in [0.05, 0.1) is 49.5 Å². The maximum Gasteiger partial charge on any atom is 0.243 e. The molecule has 14 nitrogen and oxygen atoms in total. The minimum absolute atomic E-state index is 0.0214. The zero-order valence-electron chi connectivity index (χ0n) is 37.5. The second kappa shape index (κ2) is 18.5. The van der Waals surface area contributed by atoms with Gasteiger partial charge in [0.1, 0.15) is 11.8 Å². The van der Waals surface area contributed by atoms with Gasteiger partial charge in [-0.25, -0.2) is 5.43 Å². The van der Waals surface area contributed by atoms with Gasteiger partial charge in [0.15, 0.2) is 6.29 Å². The van der Waals surface area contributed by atoms with Crippen LogP contribution in [0, 0.1) is 22.7 Å². The largest absolute Gasteiger partial charge is 0.508 e. The van der Waals surface area contributed by atoms with Crippen LogP contribution >= 0.6 is 0 Å². The Hall–Kier alpha value is -4.86. The molecule has 62 heavy (non-hydrogen) atoms. The van der Waals surface area contributed by atoms with Crippen LogP contribution in [0.5, 0.6) is 5.75 Å². The maximum atomic E-state index is 14.6. The van der Waals surface area contributed by atoms with Crippen LogP contribution in [0.15, 0.2) is 54.9 Å². The van der Waals surface area contributed by atoms with Gasteiger partial charge in [0, 0.05) is 62.7 Å². The van der Waals surface area contributed by atoms with Crippen LogP contribution in [0.1, 0.15) is 71.1 Å². The number of benzene rings is 2. The summed E-state index contributed by atoms with van der Waals surface area (Å²) in [4.78, 5) is 48.2. The van der Waals surface area contributed by atoms with E-state index in [4.69, 9.17) is 14.2 Å². The van der Waals surface area contributed by atoms with E-state index in [1.54, 1.807) is 32.5 Å². The number of aliphatic hydroxyl groups excluding tert-OH is 1. The van der Waals surface area contributed by atoms with Crippen molar-refractivity contribution in [1.82, 2.24) is 30.2 Å². The first-order valence-corrected chi connectivity index (χ1v) is 21.9. The van der Waals surface area contributed by atoms with Crippen molar-refractivity contribution in [2.75, 3.05) is 47.1 Å². The van der Waals surface area contributed by atoms with Gasteiger partial charge in [0.25, 0.3) is 0 Å². The number of pyridine rings is 1. The molecule has 334 valence electrons. The molecule has 2 aromatic heterocycles. The summed E-state index contributed by atoms with van der Waals surface area (Å²) in [5.74, 6) is -1.70. The van der Waals surface area contributed by atoms with E-state index in [9.17, 15) is 24.6 Å². The lowest BCUT2D eigenvalue weighted by atomic mass is 9.84. The van der Waals surface area contributed by atoms with Crippen molar-refractivity contribution in [1.29, 1.82) is 0 Å². The Balaban J connectivity index is 1.30. The third kappa shape index (κ3) is 9.26. The molecular formula is C48H64N6O8. The van der Waals surface area contributed by atoms with E-state index < -0.39 is 35.1 Å². The minimum Gasteiger partial charge on any atom is -0.508 e. The zero-order chi connectivity index (χ0) is 44.5. The highest BCUT2D eigenvalue weighted by molar-refractivity contribution is 5.95. The molecule has 3 aliphatic rings. The summed E-state index contributed by atoms with van der Waals surface area (Å²) in [7, 11) is 3.34. The Labute approximate surface area is 364 Å². The van der Waals surface area contributed by atoms with Crippen LogP contribution in [0.3, 0.4) is 0 Å². The summed E-state index contributed by atoms with van der Waals surface area (Å²) in [6, 6.07) is 12.4. The van der Waals surface area contributed by atoms with Gasteiger partial charge in [-0.1, -0.05) is 39.8 Å². The fraction of sp³-hybridized carbons (Fsp3) is 0.542. The molecule has 4 aromatic rings. The van der Waals surface area contributed by atoms with Crippen LogP contribution < -0.4 is 10.7 Å². The van der Waals surface area contributed by atoms with Crippen molar-refractivity contribution < 1.29 is 38.8 Å². The van der Waals surface area contributed by atoms with Gasteiger partial charge >= 0.3 is 0 Å². The number of phenolic OH excluding ortho intramolecular Hbond substituents is 1. The number of hydrazine groups is 1. The first-order valence-electron chi connectivity index (χ1n) is 21.9. The maximum absolute atomic E-state index is 14.6. The molecular weight excluding hydrogens is 789 g/mol. The van der Waals surface area contributed by atoms with Crippen molar-refractivity contribution in [3.8, 4) is 28.1 Å². The fourth-order valence-corrected chi connectivity index (χ4v) is 9.52. The average molecular weight is 853 g/mol. The lowest BCUT2D eigenvalue weighted by molar-refractivity contribution is -0.172. The van der Waals surface area contributed by atoms with E-state index >= 15 is 0 Å². The second-order valence-electron chi connectivity index (χ2n) is 18.9. The number of hydrogen-bond donors (Lipinski definition) is 4. The third-order valence-electron chi connectivity index (χ3n) is 12.7. The molecule has 4 N–H and O–H groups in total. The van der Waals surface area contributed by atoms with E-state index in [1.807, 2.05) is 39.1 Å². The fourth-order valence-electron chi connectivity index (χ4n) is 9.52. The Morgan fingerprint density at radius 2 is 1.87 bits per heavy atom. The third-order valence-corrected chi connectivity index (χ3v) is 12.7. The molecule has 0 aliphatic carbocycles. The van der Waals surface area contributed by atoms with E-state index in [0.29, 0.717) is 57.7 Å². The molecule has 1 unspecified atom stereocenters. The number of aromatic hydroxyl groups is 1. The van der Waals surface area contributed by atoms with E-state index in [1.165, 1.54) is 9.91 Å². The number of aryl methyl sites for hydroxylation is 1. The SMILES string of the molecule is CCn1c(-c2cnccc2COC)c2c3cc(ccc31)-c1cc(O)cc(c1)C[C@H](CNC(=O)[C@H](C(C)C)N(C)C(=O)C1(C)COC1)C(=O)N1CCC[C@H](N1)C(O)OCC(C)(C)C2. The molecule has 0 radical (unpaired) electrons. The highest BCUT2D eigenvalue weighted by atomic mass is 16.6. The Kier molecular flexibility index (Phi) is 13.5. The molecule has 6 bridgehead atoms.